The Balaban J connectivity index is 2.40. The number of ether oxygens (including phenoxy) is 1. The van der Waals surface area contributed by atoms with Crippen molar-refractivity contribution in [3.63, 3.8) is 0 Å². The van der Waals surface area contributed by atoms with Crippen LogP contribution >= 0.6 is 0 Å². The smallest absolute Gasteiger partial charge is 0.252 e. The molecule has 2 aromatic carbocycles. The van der Waals surface area contributed by atoms with Gasteiger partial charge in [-0.15, -0.1) is 0 Å². The first-order valence-electron chi connectivity index (χ1n) is 5.49. The van der Waals surface area contributed by atoms with Gasteiger partial charge in [-0.2, -0.15) is 0 Å². The number of carbonyl (C=O) groups is 1. The maximum Gasteiger partial charge on any atom is 0.252 e. The molecule has 0 spiro atoms. The lowest BCUT2D eigenvalue weighted by Crippen LogP contribution is -2.12. The van der Waals surface area contributed by atoms with Gasteiger partial charge in [0.1, 0.15) is 11.5 Å². The Morgan fingerprint density at radius 2 is 1.47 bits per heavy atom. The Labute approximate surface area is 109 Å². The summed E-state index contributed by atoms with van der Waals surface area (Å²) in [5.41, 5.74) is 23.8. The Morgan fingerprint density at radius 3 is 2.05 bits per heavy atom. The van der Waals surface area contributed by atoms with E-state index in [1.165, 1.54) is 6.07 Å². The maximum atomic E-state index is 11.3. The highest BCUT2D eigenvalue weighted by molar-refractivity contribution is 5.96. The van der Waals surface area contributed by atoms with E-state index in [0.717, 1.165) is 0 Å². The number of primary amides is 1. The highest BCUT2D eigenvalue weighted by Gasteiger charge is 2.12. The van der Waals surface area contributed by atoms with Crippen LogP contribution in [0.15, 0.2) is 36.4 Å². The number of nitrogen functional groups attached to an aromatic ring is 3. The molecule has 6 heteroatoms. The third-order valence-electron chi connectivity index (χ3n) is 2.52. The van der Waals surface area contributed by atoms with Gasteiger partial charge in [-0.05, 0) is 36.4 Å². The topological polar surface area (TPSA) is 130 Å². The third-order valence-corrected chi connectivity index (χ3v) is 2.52. The first-order valence-corrected chi connectivity index (χ1v) is 5.49. The fourth-order valence-electron chi connectivity index (χ4n) is 1.61. The van der Waals surface area contributed by atoms with Crippen LogP contribution in [0.3, 0.4) is 0 Å². The largest absolute Gasteiger partial charge is 0.454 e. The van der Waals surface area contributed by atoms with Crippen LogP contribution in [0.2, 0.25) is 0 Å². The molecule has 0 saturated carbocycles. The van der Waals surface area contributed by atoms with Crippen LogP contribution in [-0.4, -0.2) is 5.91 Å². The van der Waals surface area contributed by atoms with Crippen molar-refractivity contribution in [1.82, 2.24) is 0 Å². The number of hydrogen-bond acceptors (Lipinski definition) is 5. The van der Waals surface area contributed by atoms with Crippen LogP contribution in [0.1, 0.15) is 10.4 Å². The molecule has 0 radical (unpaired) electrons. The van der Waals surface area contributed by atoms with E-state index < -0.39 is 5.91 Å². The monoisotopic (exact) mass is 258 g/mol. The second-order valence-electron chi connectivity index (χ2n) is 4.02. The van der Waals surface area contributed by atoms with Crippen molar-refractivity contribution in [2.24, 2.45) is 5.73 Å². The van der Waals surface area contributed by atoms with Crippen LogP contribution < -0.4 is 27.7 Å². The number of amides is 1. The van der Waals surface area contributed by atoms with Gasteiger partial charge in [0.05, 0.1) is 11.3 Å². The summed E-state index contributed by atoms with van der Waals surface area (Å²) in [6.45, 7) is 0. The Morgan fingerprint density at radius 1 is 0.895 bits per heavy atom. The zero-order chi connectivity index (χ0) is 14.0. The zero-order valence-corrected chi connectivity index (χ0v) is 10.1. The summed E-state index contributed by atoms with van der Waals surface area (Å²) in [6, 6.07) is 9.45. The van der Waals surface area contributed by atoms with Gasteiger partial charge in [-0.1, -0.05) is 0 Å². The predicted octanol–water partition coefficient (Wildman–Crippen LogP) is 1.32. The van der Waals surface area contributed by atoms with Crippen molar-refractivity contribution in [2.45, 2.75) is 0 Å². The molecule has 0 atom stereocenters. The average Bonchev–Trinajstić information content (AvgIpc) is 2.34. The minimum atomic E-state index is -0.628. The van der Waals surface area contributed by atoms with E-state index in [9.17, 15) is 4.79 Å². The molecule has 0 fully saturated rings. The summed E-state index contributed by atoms with van der Waals surface area (Å²) in [6.07, 6.45) is 0. The zero-order valence-electron chi connectivity index (χ0n) is 10.1. The summed E-state index contributed by atoms with van der Waals surface area (Å²) in [7, 11) is 0. The second-order valence-corrected chi connectivity index (χ2v) is 4.02. The SMILES string of the molecule is NC(=O)c1cc(N)ccc1Oc1ccc(N)cc1N. The van der Waals surface area contributed by atoms with Gasteiger partial charge in [0.2, 0.25) is 0 Å². The molecule has 98 valence electrons. The lowest BCUT2D eigenvalue weighted by Gasteiger charge is -2.12. The van der Waals surface area contributed by atoms with Gasteiger partial charge in [0, 0.05) is 11.4 Å². The van der Waals surface area contributed by atoms with E-state index in [-0.39, 0.29) is 11.3 Å². The molecule has 6 nitrogen and oxygen atoms in total. The van der Waals surface area contributed by atoms with Gasteiger partial charge in [0.15, 0.2) is 0 Å². The van der Waals surface area contributed by atoms with Crippen molar-refractivity contribution >= 4 is 23.0 Å². The van der Waals surface area contributed by atoms with Crippen LogP contribution in [0.4, 0.5) is 17.1 Å². The summed E-state index contributed by atoms with van der Waals surface area (Å²) in [4.78, 5) is 11.3. The van der Waals surface area contributed by atoms with E-state index in [1.54, 1.807) is 30.3 Å². The summed E-state index contributed by atoms with van der Waals surface area (Å²) in [5.74, 6) is 0.0518. The lowest BCUT2D eigenvalue weighted by molar-refractivity contribution is 0.0998. The molecule has 2 rings (SSSR count). The number of rotatable bonds is 3. The first-order chi connectivity index (χ1) is 8.97. The van der Waals surface area contributed by atoms with Gasteiger partial charge in [0.25, 0.3) is 5.91 Å². The molecule has 2 aromatic rings. The molecule has 0 heterocycles. The van der Waals surface area contributed by atoms with Crippen molar-refractivity contribution in [2.75, 3.05) is 17.2 Å². The molecule has 0 unspecified atom stereocenters. The number of nitrogens with two attached hydrogens (primary N) is 4. The molecule has 0 aliphatic heterocycles. The minimum absolute atomic E-state index is 0.191. The molecule has 1 amide bonds. The fraction of sp³-hybridized carbons (Fsp3) is 0. The summed E-state index contributed by atoms with van der Waals surface area (Å²) < 4.78 is 5.57. The van der Waals surface area contributed by atoms with E-state index in [1.807, 2.05) is 0 Å². The fourth-order valence-corrected chi connectivity index (χ4v) is 1.61. The van der Waals surface area contributed by atoms with Crippen molar-refractivity contribution in [1.29, 1.82) is 0 Å². The lowest BCUT2D eigenvalue weighted by atomic mass is 10.1. The van der Waals surface area contributed by atoms with Crippen molar-refractivity contribution in [3.05, 3.63) is 42.0 Å². The Bertz CT molecular complexity index is 641. The Kier molecular flexibility index (Phi) is 3.15. The van der Waals surface area contributed by atoms with Crippen molar-refractivity contribution in [3.8, 4) is 11.5 Å². The molecule has 8 N–H and O–H groups in total. The van der Waals surface area contributed by atoms with Gasteiger partial charge in [-0.3, -0.25) is 4.79 Å². The number of carbonyl (C=O) groups excluding carboxylic acids is 1. The minimum Gasteiger partial charge on any atom is -0.454 e. The standard InChI is InChI=1S/C13H14N4O2/c14-7-1-3-11(9(5-7)13(17)18)19-12-4-2-8(15)6-10(12)16/h1-6H,14-16H2,(H2,17,18). The van der Waals surface area contributed by atoms with Crippen LogP contribution in [0.25, 0.3) is 0 Å². The molecule has 0 bridgehead atoms. The van der Waals surface area contributed by atoms with E-state index in [2.05, 4.69) is 0 Å². The quantitative estimate of drug-likeness (QED) is 0.617. The molecular formula is C13H14N4O2. The summed E-state index contributed by atoms with van der Waals surface area (Å²) in [5, 5.41) is 0. The van der Waals surface area contributed by atoms with E-state index >= 15 is 0 Å². The van der Waals surface area contributed by atoms with E-state index in [0.29, 0.717) is 22.8 Å². The normalized spacial score (nSPS) is 10.1. The number of benzene rings is 2. The second kappa shape index (κ2) is 4.77. The van der Waals surface area contributed by atoms with Gasteiger partial charge < -0.3 is 27.7 Å². The maximum absolute atomic E-state index is 11.3. The summed E-state index contributed by atoms with van der Waals surface area (Å²) >= 11 is 0. The van der Waals surface area contributed by atoms with Gasteiger partial charge >= 0.3 is 0 Å². The average molecular weight is 258 g/mol. The molecular weight excluding hydrogens is 244 g/mol. The van der Waals surface area contributed by atoms with Gasteiger partial charge in [-0.25, -0.2) is 0 Å². The third kappa shape index (κ3) is 2.68. The molecule has 0 saturated heterocycles. The van der Waals surface area contributed by atoms with Crippen LogP contribution in [-0.2, 0) is 0 Å². The van der Waals surface area contributed by atoms with Crippen LogP contribution in [0, 0.1) is 0 Å². The van der Waals surface area contributed by atoms with E-state index in [4.69, 9.17) is 27.7 Å². The number of hydrogen-bond donors (Lipinski definition) is 4. The van der Waals surface area contributed by atoms with Crippen molar-refractivity contribution < 1.29 is 9.53 Å². The highest BCUT2D eigenvalue weighted by atomic mass is 16.5. The highest BCUT2D eigenvalue weighted by Crippen LogP contribution is 2.31. The number of anilines is 3. The van der Waals surface area contributed by atoms with Crippen LogP contribution in [0.5, 0.6) is 11.5 Å². The predicted molar refractivity (Wildman–Crippen MR) is 74.7 cm³/mol. The molecule has 19 heavy (non-hydrogen) atoms. The molecule has 0 aliphatic carbocycles. The Hall–Kier alpha value is -2.89. The molecule has 0 aromatic heterocycles. The first kappa shape index (κ1) is 12.6. The molecule has 0 aliphatic rings.